The van der Waals surface area contributed by atoms with Gasteiger partial charge < -0.3 is 26.2 Å². The lowest BCUT2D eigenvalue weighted by Gasteiger charge is -2.22. The Kier molecular flexibility index (Phi) is 5.75. The summed E-state index contributed by atoms with van der Waals surface area (Å²) in [6.45, 7) is 0.465. The molecule has 3 heterocycles. The molecule has 0 fully saturated rings. The van der Waals surface area contributed by atoms with Gasteiger partial charge in [0.25, 0.3) is 5.91 Å². The molecule has 29 heavy (non-hydrogen) atoms. The first kappa shape index (κ1) is 19.4. The molecule has 1 aliphatic heterocycles. The van der Waals surface area contributed by atoms with Crippen LogP contribution < -0.4 is 16.0 Å². The standard InChI is InChI=1S/C21H22N4O3S/c26-12-17(18(27)13-4-2-1-3-5-13)25-21(28)19-16(8-11-29-19)24-15-7-10-23-20-14(15)6-9-22-20/h1-5,7-8,10-11,17-18,26-27H,6,9,12H2,(H,25,28)(H2,22,23,24)/t17-,18-/m0/s1. The third kappa shape index (κ3) is 4.09. The molecule has 1 aromatic carbocycles. The van der Waals surface area contributed by atoms with E-state index in [9.17, 15) is 15.0 Å². The second-order valence-electron chi connectivity index (χ2n) is 6.77. The van der Waals surface area contributed by atoms with Crippen LogP contribution in [-0.2, 0) is 6.42 Å². The Morgan fingerprint density at radius 2 is 2.03 bits per heavy atom. The first-order valence-corrected chi connectivity index (χ1v) is 10.3. The third-order valence-corrected chi connectivity index (χ3v) is 5.81. The molecule has 7 nitrogen and oxygen atoms in total. The van der Waals surface area contributed by atoms with Gasteiger partial charge in [-0.2, -0.15) is 0 Å². The first-order valence-electron chi connectivity index (χ1n) is 9.38. The minimum absolute atomic E-state index is 0.347. The normalized spacial score (nSPS) is 14.6. The average molecular weight is 410 g/mol. The lowest BCUT2D eigenvalue weighted by Crippen LogP contribution is -2.41. The van der Waals surface area contributed by atoms with Gasteiger partial charge in [-0.1, -0.05) is 30.3 Å². The highest BCUT2D eigenvalue weighted by atomic mass is 32.1. The number of aromatic nitrogens is 1. The van der Waals surface area contributed by atoms with Gasteiger partial charge in [-0.05, 0) is 29.5 Å². The van der Waals surface area contributed by atoms with E-state index in [-0.39, 0.29) is 12.5 Å². The minimum Gasteiger partial charge on any atom is -0.394 e. The fourth-order valence-electron chi connectivity index (χ4n) is 3.39. The SMILES string of the molecule is O=C(N[C@@H](CO)[C@@H](O)c1ccccc1)c1sccc1Nc1ccnc2c1CCN2. The van der Waals surface area contributed by atoms with Gasteiger partial charge in [-0.25, -0.2) is 4.98 Å². The summed E-state index contributed by atoms with van der Waals surface area (Å²) in [7, 11) is 0. The van der Waals surface area contributed by atoms with Crippen molar-refractivity contribution in [1.82, 2.24) is 10.3 Å². The number of pyridine rings is 1. The van der Waals surface area contributed by atoms with E-state index in [1.165, 1.54) is 11.3 Å². The van der Waals surface area contributed by atoms with E-state index in [4.69, 9.17) is 0 Å². The summed E-state index contributed by atoms with van der Waals surface area (Å²) >= 11 is 1.30. The Balaban J connectivity index is 1.50. The maximum absolute atomic E-state index is 12.9. The molecule has 0 aliphatic carbocycles. The maximum Gasteiger partial charge on any atom is 0.263 e. The molecule has 150 valence electrons. The second kappa shape index (κ2) is 8.60. The topological polar surface area (TPSA) is 107 Å². The Bertz CT molecular complexity index is 993. The van der Waals surface area contributed by atoms with Crippen molar-refractivity contribution in [2.75, 3.05) is 23.8 Å². The quantitative estimate of drug-likeness (QED) is 0.410. The zero-order valence-corrected chi connectivity index (χ0v) is 16.4. The van der Waals surface area contributed by atoms with E-state index in [0.717, 1.165) is 30.0 Å². The predicted molar refractivity (Wildman–Crippen MR) is 114 cm³/mol. The maximum atomic E-state index is 12.9. The first-order chi connectivity index (χ1) is 14.2. The Labute approximate surface area is 172 Å². The number of thiophene rings is 1. The molecule has 1 aliphatic rings. The molecule has 0 spiro atoms. The molecule has 0 saturated carbocycles. The second-order valence-corrected chi connectivity index (χ2v) is 7.69. The van der Waals surface area contributed by atoms with Crippen LogP contribution in [-0.4, -0.2) is 40.3 Å². The smallest absolute Gasteiger partial charge is 0.263 e. The van der Waals surface area contributed by atoms with E-state index >= 15 is 0 Å². The fourth-order valence-corrected chi connectivity index (χ4v) is 4.14. The number of amides is 1. The highest BCUT2D eigenvalue weighted by molar-refractivity contribution is 7.12. The van der Waals surface area contributed by atoms with E-state index in [0.29, 0.717) is 16.1 Å². The van der Waals surface area contributed by atoms with Crippen LogP contribution in [0.1, 0.15) is 26.9 Å². The van der Waals surface area contributed by atoms with Gasteiger partial charge in [-0.3, -0.25) is 4.79 Å². The van der Waals surface area contributed by atoms with Crippen molar-refractivity contribution in [2.45, 2.75) is 18.6 Å². The molecular formula is C21H22N4O3S. The molecule has 0 bridgehead atoms. The number of anilines is 3. The number of carbonyl (C=O) groups is 1. The van der Waals surface area contributed by atoms with Crippen LogP contribution >= 0.6 is 11.3 Å². The van der Waals surface area contributed by atoms with E-state index < -0.39 is 12.1 Å². The number of hydrogen-bond donors (Lipinski definition) is 5. The van der Waals surface area contributed by atoms with E-state index in [1.807, 2.05) is 23.6 Å². The number of benzene rings is 1. The van der Waals surface area contributed by atoms with Gasteiger partial charge in [0.2, 0.25) is 0 Å². The minimum atomic E-state index is -1.00. The summed E-state index contributed by atoms with van der Waals surface area (Å²) in [6.07, 6.45) is 1.59. The molecule has 0 saturated heterocycles. The van der Waals surface area contributed by atoms with E-state index in [2.05, 4.69) is 20.9 Å². The molecule has 0 radical (unpaired) electrons. The molecule has 2 aromatic heterocycles. The van der Waals surface area contributed by atoms with Crippen molar-refractivity contribution in [1.29, 1.82) is 0 Å². The molecular weight excluding hydrogens is 388 g/mol. The number of aliphatic hydroxyl groups is 2. The lowest BCUT2D eigenvalue weighted by molar-refractivity contribution is 0.0706. The zero-order chi connectivity index (χ0) is 20.2. The fraction of sp³-hybridized carbons (Fsp3) is 0.238. The molecule has 4 rings (SSSR count). The van der Waals surface area contributed by atoms with Crippen LogP contribution in [0.25, 0.3) is 0 Å². The van der Waals surface area contributed by atoms with Crippen LogP contribution in [0.2, 0.25) is 0 Å². The monoisotopic (exact) mass is 410 g/mol. The third-order valence-electron chi connectivity index (χ3n) is 4.90. The lowest BCUT2D eigenvalue weighted by atomic mass is 10.0. The molecule has 8 heteroatoms. The Morgan fingerprint density at radius 3 is 2.83 bits per heavy atom. The molecule has 0 unspecified atom stereocenters. The van der Waals surface area contributed by atoms with Crippen LogP contribution in [0.4, 0.5) is 17.2 Å². The summed E-state index contributed by atoms with van der Waals surface area (Å²) in [4.78, 5) is 17.7. The molecule has 2 atom stereocenters. The molecule has 5 N–H and O–H groups in total. The number of fused-ring (bicyclic) bond motifs is 1. The highest BCUT2D eigenvalue weighted by Crippen LogP contribution is 2.32. The average Bonchev–Trinajstić information content (AvgIpc) is 3.42. The largest absolute Gasteiger partial charge is 0.394 e. The van der Waals surface area contributed by atoms with Crippen LogP contribution in [0.5, 0.6) is 0 Å². The summed E-state index contributed by atoms with van der Waals surface area (Å²) in [5.74, 6) is 0.517. The zero-order valence-electron chi connectivity index (χ0n) is 15.6. The van der Waals surface area contributed by atoms with Crippen molar-refractivity contribution < 1.29 is 15.0 Å². The number of hydrogen-bond acceptors (Lipinski definition) is 7. The van der Waals surface area contributed by atoms with Crippen LogP contribution in [0.3, 0.4) is 0 Å². The van der Waals surface area contributed by atoms with Crippen LogP contribution in [0, 0.1) is 0 Å². The van der Waals surface area contributed by atoms with Crippen LogP contribution in [0.15, 0.2) is 54.0 Å². The molecule has 1 amide bonds. The number of nitrogens with zero attached hydrogens (tertiary/aromatic N) is 1. The van der Waals surface area contributed by atoms with Gasteiger partial charge in [0, 0.05) is 24.0 Å². The van der Waals surface area contributed by atoms with Gasteiger partial charge in [-0.15, -0.1) is 11.3 Å². The van der Waals surface area contributed by atoms with Gasteiger partial charge in [0.15, 0.2) is 0 Å². The van der Waals surface area contributed by atoms with Crippen molar-refractivity contribution >= 4 is 34.4 Å². The van der Waals surface area contributed by atoms with Gasteiger partial charge in [0.05, 0.1) is 18.3 Å². The summed E-state index contributed by atoms with van der Waals surface area (Å²) < 4.78 is 0. The predicted octanol–water partition coefficient (Wildman–Crippen LogP) is 2.68. The van der Waals surface area contributed by atoms with Gasteiger partial charge >= 0.3 is 0 Å². The summed E-state index contributed by atoms with van der Waals surface area (Å²) in [6, 6.07) is 11.9. The number of carbonyl (C=O) groups excluding carboxylic acids is 1. The van der Waals surface area contributed by atoms with Crippen molar-refractivity contribution in [3.05, 3.63) is 70.0 Å². The number of aliphatic hydroxyl groups excluding tert-OH is 2. The van der Waals surface area contributed by atoms with E-state index in [1.54, 1.807) is 30.5 Å². The molecule has 3 aromatic rings. The van der Waals surface area contributed by atoms with Gasteiger partial charge in [0.1, 0.15) is 16.8 Å². The Hall–Kier alpha value is -2.94. The van der Waals surface area contributed by atoms with Crippen molar-refractivity contribution in [3.8, 4) is 0 Å². The number of nitrogens with one attached hydrogen (secondary N) is 3. The van der Waals surface area contributed by atoms with Crippen molar-refractivity contribution in [3.63, 3.8) is 0 Å². The number of rotatable bonds is 7. The Morgan fingerprint density at radius 1 is 1.21 bits per heavy atom. The summed E-state index contributed by atoms with van der Waals surface area (Å²) in [5.41, 5.74) is 3.32. The van der Waals surface area contributed by atoms with Crippen molar-refractivity contribution in [2.24, 2.45) is 0 Å². The highest BCUT2D eigenvalue weighted by Gasteiger charge is 2.25. The summed E-state index contributed by atoms with van der Waals surface area (Å²) in [5, 5.41) is 31.4.